The molecule has 29 heavy (non-hydrogen) atoms. The van der Waals surface area contributed by atoms with Crippen LogP contribution in [0.2, 0.25) is 0 Å². The second-order valence-electron chi connectivity index (χ2n) is 7.83. The molecule has 1 amide bonds. The zero-order chi connectivity index (χ0) is 21.7. The van der Waals surface area contributed by atoms with Gasteiger partial charge in [0.1, 0.15) is 17.5 Å². The summed E-state index contributed by atoms with van der Waals surface area (Å²) >= 11 is 0. The Hall–Kier alpha value is -2.42. The molecule has 2 aromatic carbocycles. The number of carbonyl (C=O) groups excluding carboxylic acids is 1. The molecule has 158 valence electrons. The van der Waals surface area contributed by atoms with E-state index >= 15 is 0 Å². The molecule has 1 atom stereocenters. The van der Waals surface area contributed by atoms with Crippen molar-refractivity contribution in [3.8, 4) is 11.5 Å². The van der Waals surface area contributed by atoms with E-state index in [9.17, 15) is 13.2 Å². The summed E-state index contributed by atoms with van der Waals surface area (Å²) in [4.78, 5) is 19.4. The molecule has 2 rings (SSSR count). The molecule has 2 aromatic rings. The first-order valence-electron chi connectivity index (χ1n) is 9.18. The molecule has 7 nitrogen and oxygen atoms in total. The maximum absolute atomic E-state index is 12.8. The van der Waals surface area contributed by atoms with Gasteiger partial charge in [-0.25, -0.2) is 13.9 Å². The largest absolute Gasteiger partial charge is 0.457 e. The summed E-state index contributed by atoms with van der Waals surface area (Å²) in [6.07, 6.45) is 0. The van der Waals surface area contributed by atoms with E-state index < -0.39 is 27.4 Å². The van der Waals surface area contributed by atoms with E-state index in [4.69, 9.17) is 9.57 Å². The lowest BCUT2D eigenvalue weighted by Gasteiger charge is -2.25. The number of hydroxylamine groups is 1. The summed E-state index contributed by atoms with van der Waals surface area (Å²) in [6.45, 7) is 5.36. The Morgan fingerprint density at radius 1 is 1.00 bits per heavy atom. The van der Waals surface area contributed by atoms with Gasteiger partial charge in [-0.2, -0.15) is 0 Å². The van der Waals surface area contributed by atoms with E-state index in [-0.39, 0.29) is 10.6 Å². The summed E-state index contributed by atoms with van der Waals surface area (Å²) < 4.78 is 31.4. The normalized spacial score (nSPS) is 13.2. The summed E-state index contributed by atoms with van der Waals surface area (Å²) in [5.41, 5.74) is 1.77. The topological polar surface area (TPSA) is 84.9 Å². The Labute approximate surface area is 172 Å². The fourth-order valence-corrected chi connectivity index (χ4v) is 3.98. The molecule has 8 heteroatoms. The Kier molecular flexibility index (Phi) is 7.40. The van der Waals surface area contributed by atoms with E-state index in [0.717, 1.165) is 0 Å². The molecular weight excluding hydrogens is 392 g/mol. The average Bonchev–Trinajstić information content (AvgIpc) is 2.65. The third-order valence-corrected chi connectivity index (χ3v) is 5.67. The van der Waals surface area contributed by atoms with Crippen LogP contribution in [0.3, 0.4) is 0 Å². The molecule has 0 aliphatic heterocycles. The fourth-order valence-electron chi connectivity index (χ4n) is 2.37. The van der Waals surface area contributed by atoms with Crippen molar-refractivity contribution in [2.45, 2.75) is 37.3 Å². The van der Waals surface area contributed by atoms with Gasteiger partial charge in [-0.05, 0) is 71.3 Å². The van der Waals surface area contributed by atoms with Crippen molar-refractivity contribution >= 4 is 15.7 Å². The Morgan fingerprint density at radius 3 is 2.07 bits per heavy atom. The third-order valence-electron chi connectivity index (χ3n) is 3.92. The number of sulfone groups is 1. The van der Waals surface area contributed by atoms with Gasteiger partial charge in [-0.15, -0.1) is 0 Å². The van der Waals surface area contributed by atoms with E-state index in [1.54, 1.807) is 51.9 Å². The molecule has 0 spiro atoms. The monoisotopic (exact) mass is 420 g/mol. The van der Waals surface area contributed by atoms with Gasteiger partial charge in [0.2, 0.25) is 0 Å². The first kappa shape index (κ1) is 22.9. The van der Waals surface area contributed by atoms with Crippen LogP contribution in [-0.4, -0.2) is 50.7 Å². The smallest absolute Gasteiger partial charge is 0.261 e. The minimum absolute atomic E-state index is 0.120. The molecule has 0 aliphatic rings. The molecule has 0 aromatic heterocycles. The lowest BCUT2D eigenvalue weighted by molar-refractivity contribution is -0.149. The predicted octanol–water partition coefficient (Wildman–Crippen LogP) is 3.03. The molecule has 0 bridgehead atoms. The zero-order valence-electron chi connectivity index (χ0n) is 17.4. The minimum Gasteiger partial charge on any atom is -0.457 e. The van der Waals surface area contributed by atoms with Crippen molar-refractivity contribution < 1.29 is 22.8 Å². The summed E-state index contributed by atoms with van der Waals surface area (Å²) in [7, 11) is -0.414. The van der Waals surface area contributed by atoms with Crippen molar-refractivity contribution in [2.75, 3.05) is 19.8 Å². The van der Waals surface area contributed by atoms with Gasteiger partial charge in [-0.1, -0.05) is 18.2 Å². The Balaban J connectivity index is 2.10. The number of benzene rings is 2. The van der Waals surface area contributed by atoms with Crippen LogP contribution >= 0.6 is 0 Å². The first-order chi connectivity index (χ1) is 13.5. The highest BCUT2D eigenvalue weighted by Crippen LogP contribution is 2.23. The third kappa shape index (κ3) is 7.16. The maximum atomic E-state index is 12.8. The van der Waals surface area contributed by atoms with Crippen LogP contribution in [-0.2, 0) is 19.5 Å². The first-order valence-corrected chi connectivity index (χ1v) is 10.8. The molecule has 0 heterocycles. The van der Waals surface area contributed by atoms with Crippen LogP contribution in [0.1, 0.15) is 20.8 Å². The second kappa shape index (κ2) is 9.39. The number of para-hydroxylation sites is 1. The lowest BCUT2D eigenvalue weighted by Crippen LogP contribution is -2.49. The van der Waals surface area contributed by atoms with Crippen molar-refractivity contribution in [2.24, 2.45) is 0 Å². The van der Waals surface area contributed by atoms with Crippen LogP contribution in [0, 0.1) is 0 Å². The zero-order valence-corrected chi connectivity index (χ0v) is 18.2. The van der Waals surface area contributed by atoms with Crippen molar-refractivity contribution in [3.05, 3.63) is 54.6 Å². The highest BCUT2D eigenvalue weighted by Gasteiger charge is 2.29. The van der Waals surface area contributed by atoms with Crippen LogP contribution < -0.4 is 10.2 Å². The molecule has 0 radical (unpaired) electrons. The molecule has 1 N–H and O–H groups in total. The molecule has 0 aliphatic carbocycles. The Bertz CT molecular complexity index is 904. The van der Waals surface area contributed by atoms with Gasteiger partial charge in [0.25, 0.3) is 5.91 Å². The lowest BCUT2D eigenvalue weighted by atomic mass is 10.2. The van der Waals surface area contributed by atoms with E-state index in [2.05, 4.69) is 5.48 Å². The predicted molar refractivity (Wildman–Crippen MR) is 111 cm³/mol. The highest BCUT2D eigenvalue weighted by molar-refractivity contribution is 7.91. The SMILES string of the molecule is CN(C)[C@@H](CS(=O)(=O)c1ccc(Oc2ccccc2)cc1)C(=O)NOC(C)(C)C. The van der Waals surface area contributed by atoms with Gasteiger partial charge in [-0.3, -0.25) is 14.5 Å². The molecule has 0 unspecified atom stereocenters. The minimum atomic E-state index is -3.71. The number of nitrogens with zero attached hydrogens (tertiary/aromatic N) is 1. The highest BCUT2D eigenvalue weighted by atomic mass is 32.2. The molecule has 0 saturated carbocycles. The van der Waals surface area contributed by atoms with Crippen molar-refractivity contribution in [1.29, 1.82) is 0 Å². The number of carbonyl (C=O) groups is 1. The number of rotatable bonds is 8. The number of amides is 1. The Morgan fingerprint density at radius 2 is 1.55 bits per heavy atom. The average molecular weight is 421 g/mol. The number of likely N-dealkylation sites (N-methyl/N-ethyl adjacent to an activating group) is 1. The maximum Gasteiger partial charge on any atom is 0.261 e. The van der Waals surface area contributed by atoms with E-state index in [1.807, 2.05) is 30.3 Å². The quantitative estimate of drug-likeness (QED) is 0.661. The number of ether oxygens (including phenoxy) is 1. The van der Waals surface area contributed by atoms with Crippen molar-refractivity contribution in [3.63, 3.8) is 0 Å². The van der Waals surface area contributed by atoms with Gasteiger partial charge in [0, 0.05) is 0 Å². The fraction of sp³-hybridized carbons (Fsp3) is 0.381. The van der Waals surface area contributed by atoms with Gasteiger partial charge < -0.3 is 4.74 Å². The van der Waals surface area contributed by atoms with E-state index in [0.29, 0.717) is 11.5 Å². The summed E-state index contributed by atoms with van der Waals surface area (Å²) in [5, 5.41) is 0. The van der Waals surface area contributed by atoms with Crippen LogP contribution in [0.4, 0.5) is 0 Å². The molecule has 0 saturated heterocycles. The van der Waals surface area contributed by atoms with Crippen molar-refractivity contribution in [1.82, 2.24) is 10.4 Å². The molecular formula is C21H28N2O5S. The number of hydrogen-bond donors (Lipinski definition) is 1. The van der Waals surface area contributed by atoms with Gasteiger partial charge >= 0.3 is 0 Å². The number of nitrogens with one attached hydrogen (secondary N) is 1. The number of hydrogen-bond acceptors (Lipinski definition) is 6. The van der Waals surface area contributed by atoms with Crippen LogP contribution in [0.15, 0.2) is 59.5 Å². The van der Waals surface area contributed by atoms with Gasteiger partial charge in [0.15, 0.2) is 9.84 Å². The summed E-state index contributed by atoms with van der Waals surface area (Å²) in [5.74, 6) is 0.289. The standard InChI is InChI=1S/C21H28N2O5S/c1-21(2,3)28-22-20(24)19(23(4)5)15-29(25,26)18-13-11-17(12-14-18)27-16-9-7-6-8-10-16/h6-14,19H,15H2,1-5H3,(H,22,24)/t19-/m0/s1. The molecule has 0 fully saturated rings. The van der Waals surface area contributed by atoms with Gasteiger partial charge in [0.05, 0.1) is 16.2 Å². The summed E-state index contributed by atoms with van der Waals surface area (Å²) in [6, 6.07) is 14.4. The van der Waals surface area contributed by atoms with E-state index in [1.165, 1.54) is 12.1 Å². The van der Waals surface area contributed by atoms with Crippen LogP contribution in [0.5, 0.6) is 11.5 Å². The second-order valence-corrected chi connectivity index (χ2v) is 9.86. The van der Waals surface area contributed by atoms with Crippen LogP contribution in [0.25, 0.3) is 0 Å².